The van der Waals surface area contributed by atoms with Crippen LogP contribution < -0.4 is 10.1 Å². The average molecular weight is 522 g/mol. The quantitative estimate of drug-likeness (QED) is 0.182. The minimum atomic E-state index is -0.516. The maximum absolute atomic E-state index is 13.6. The van der Waals surface area contributed by atoms with Gasteiger partial charge in [0, 0.05) is 35.8 Å². The molecule has 0 radical (unpaired) electrons. The van der Waals surface area contributed by atoms with E-state index >= 15 is 0 Å². The fourth-order valence-corrected chi connectivity index (χ4v) is 4.58. The lowest BCUT2D eigenvalue weighted by molar-refractivity contribution is -0.384. The van der Waals surface area contributed by atoms with Crippen molar-refractivity contribution in [2.75, 3.05) is 5.32 Å². The Labute approximate surface area is 225 Å². The Morgan fingerprint density at radius 3 is 2.41 bits per heavy atom. The molecule has 0 unspecified atom stereocenters. The fraction of sp³-hybridized carbons (Fsp3) is 0.167. The predicted molar refractivity (Wildman–Crippen MR) is 150 cm³/mol. The molecule has 0 bridgehead atoms. The number of non-ortho nitro benzene ring substituents is 1. The lowest BCUT2D eigenvalue weighted by Gasteiger charge is -2.12. The van der Waals surface area contributed by atoms with Gasteiger partial charge in [0.15, 0.2) is 0 Å². The van der Waals surface area contributed by atoms with E-state index in [1.807, 2.05) is 81.0 Å². The number of nitrogens with zero attached hydrogens (tertiary/aromatic N) is 4. The topological polar surface area (TPSA) is 112 Å². The molecular weight excluding hydrogens is 494 g/mol. The third-order valence-electron chi connectivity index (χ3n) is 6.30. The van der Waals surface area contributed by atoms with E-state index in [1.54, 1.807) is 12.1 Å². The first kappa shape index (κ1) is 25.6. The van der Waals surface area contributed by atoms with Crippen molar-refractivity contribution >= 4 is 28.2 Å². The second-order valence-electron chi connectivity index (χ2n) is 9.41. The third-order valence-corrected chi connectivity index (χ3v) is 6.30. The number of nitrogens with one attached hydrogen (secondary N) is 1. The van der Waals surface area contributed by atoms with Crippen LogP contribution in [0.2, 0.25) is 0 Å². The van der Waals surface area contributed by atoms with E-state index in [4.69, 9.17) is 9.72 Å². The first-order chi connectivity index (χ1) is 18.7. The monoisotopic (exact) mass is 521 g/mol. The van der Waals surface area contributed by atoms with Crippen LogP contribution in [0, 0.1) is 30.9 Å². The molecule has 1 amide bonds. The van der Waals surface area contributed by atoms with Crippen molar-refractivity contribution in [1.29, 1.82) is 0 Å². The van der Waals surface area contributed by atoms with Gasteiger partial charge in [0.2, 0.25) is 0 Å². The molecule has 0 aliphatic rings. The number of anilines is 1. The summed E-state index contributed by atoms with van der Waals surface area (Å²) in [6, 6.07) is 19.0. The van der Waals surface area contributed by atoms with Crippen molar-refractivity contribution in [3.8, 4) is 22.8 Å². The van der Waals surface area contributed by atoms with Crippen LogP contribution in [0.3, 0.4) is 0 Å². The van der Waals surface area contributed by atoms with Crippen LogP contribution in [0.4, 0.5) is 11.4 Å². The summed E-state index contributed by atoms with van der Waals surface area (Å²) in [6.07, 6.45) is 1.91. The lowest BCUT2D eigenvalue weighted by Crippen LogP contribution is -2.13. The van der Waals surface area contributed by atoms with E-state index in [1.165, 1.54) is 12.1 Å². The molecule has 5 rings (SSSR count). The second kappa shape index (κ2) is 10.4. The van der Waals surface area contributed by atoms with Crippen LogP contribution in [-0.4, -0.2) is 25.6 Å². The zero-order chi connectivity index (χ0) is 27.7. The standard InChI is InChI=1S/C30H27N5O4/c1-5-34-17-27(20(4)33-34)29-16-26(25-8-6-7-9-28(25)32-29)30(36)31-21-13-22(35(37)38)15-24(14-21)39-23-11-18(2)10-19(3)12-23/h6-17H,5H2,1-4H3,(H,31,36). The molecule has 3 aromatic carbocycles. The Balaban J connectivity index is 1.53. The summed E-state index contributed by atoms with van der Waals surface area (Å²) in [4.78, 5) is 29.6. The number of rotatable bonds is 7. The highest BCUT2D eigenvalue weighted by Crippen LogP contribution is 2.32. The first-order valence-corrected chi connectivity index (χ1v) is 12.5. The summed E-state index contributed by atoms with van der Waals surface area (Å²) >= 11 is 0. The van der Waals surface area contributed by atoms with Gasteiger partial charge in [-0.1, -0.05) is 24.3 Å². The van der Waals surface area contributed by atoms with Crippen LogP contribution >= 0.6 is 0 Å². The Morgan fingerprint density at radius 2 is 1.72 bits per heavy atom. The van der Waals surface area contributed by atoms with E-state index in [9.17, 15) is 14.9 Å². The van der Waals surface area contributed by atoms with Crippen molar-refractivity contribution in [2.45, 2.75) is 34.2 Å². The highest BCUT2D eigenvalue weighted by atomic mass is 16.6. The minimum Gasteiger partial charge on any atom is -0.457 e. The number of nitro benzene ring substituents is 1. The van der Waals surface area contributed by atoms with E-state index in [2.05, 4.69) is 10.4 Å². The minimum absolute atomic E-state index is 0.199. The lowest BCUT2D eigenvalue weighted by atomic mass is 10.0. The molecule has 0 atom stereocenters. The van der Waals surface area contributed by atoms with Crippen molar-refractivity contribution < 1.29 is 14.5 Å². The number of ether oxygens (including phenoxy) is 1. The SMILES string of the molecule is CCn1cc(-c2cc(C(=O)Nc3cc(Oc4cc(C)cc(C)c4)cc([N+](=O)[O-])c3)c3ccccc3n2)c(C)n1. The van der Waals surface area contributed by atoms with Crippen LogP contribution in [0.25, 0.3) is 22.2 Å². The van der Waals surface area contributed by atoms with Gasteiger partial charge in [0.1, 0.15) is 11.5 Å². The number of carbonyl (C=O) groups excluding carboxylic acids is 1. The zero-order valence-corrected chi connectivity index (χ0v) is 22.1. The van der Waals surface area contributed by atoms with Gasteiger partial charge in [-0.05, 0) is 63.1 Å². The molecule has 0 saturated carbocycles. The molecule has 0 saturated heterocycles. The molecule has 2 heterocycles. The number of para-hydroxylation sites is 1. The molecule has 0 spiro atoms. The van der Waals surface area contributed by atoms with E-state index < -0.39 is 10.8 Å². The number of fused-ring (bicyclic) bond motifs is 1. The number of pyridine rings is 1. The number of benzene rings is 3. The van der Waals surface area contributed by atoms with Crippen molar-refractivity contribution in [1.82, 2.24) is 14.8 Å². The molecule has 9 heteroatoms. The summed E-state index contributed by atoms with van der Waals surface area (Å²) in [5, 5.41) is 19.7. The van der Waals surface area contributed by atoms with Gasteiger partial charge >= 0.3 is 0 Å². The smallest absolute Gasteiger partial charge is 0.275 e. The van der Waals surface area contributed by atoms with E-state index in [0.29, 0.717) is 34.5 Å². The van der Waals surface area contributed by atoms with Crippen molar-refractivity contribution in [3.63, 3.8) is 0 Å². The number of carbonyl (C=O) groups is 1. The normalized spacial score (nSPS) is 11.0. The molecule has 2 aromatic heterocycles. The molecule has 0 aliphatic heterocycles. The molecular formula is C30H27N5O4. The number of amides is 1. The Morgan fingerprint density at radius 1 is 1.00 bits per heavy atom. The van der Waals surface area contributed by atoms with Crippen molar-refractivity contribution in [2.24, 2.45) is 0 Å². The van der Waals surface area contributed by atoms with Gasteiger partial charge in [-0.15, -0.1) is 0 Å². The van der Waals surface area contributed by atoms with Crippen LogP contribution in [0.5, 0.6) is 11.5 Å². The van der Waals surface area contributed by atoms with Gasteiger partial charge in [-0.25, -0.2) is 4.98 Å². The fourth-order valence-electron chi connectivity index (χ4n) is 4.58. The summed E-state index contributed by atoms with van der Waals surface area (Å²) < 4.78 is 7.78. The molecule has 1 N–H and O–H groups in total. The third kappa shape index (κ3) is 5.47. The Bertz CT molecular complexity index is 1720. The molecule has 39 heavy (non-hydrogen) atoms. The van der Waals surface area contributed by atoms with Crippen molar-refractivity contribution in [3.05, 3.63) is 105 Å². The number of nitro groups is 1. The largest absolute Gasteiger partial charge is 0.457 e. The summed E-state index contributed by atoms with van der Waals surface area (Å²) in [6.45, 7) is 8.50. The molecule has 196 valence electrons. The second-order valence-corrected chi connectivity index (χ2v) is 9.41. The number of hydrogen-bond acceptors (Lipinski definition) is 6. The molecule has 0 aliphatic carbocycles. The first-order valence-electron chi connectivity index (χ1n) is 12.5. The maximum atomic E-state index is 13.6. The van der Waals surface area contributed by atoms with Crippen LogP contribution in [0.15, 0.2) is 72.9 Å². The van der Waals surface area contributed by atoms with Gasteiger partial charge in [-0.3, -0.25) is 19.6 Å². The maximum Gasteiger partial charge on any atom is 0.275 e. The van der Waals surface area contributed by atoms with Gasteiger partial charge in [0.25, 0.3) is 11.6 Å². The Kier molecular flexibility index (Phi) is 6.81. The van der Waals surface area contributed by atoms with Crippen LogP contribution in [0.1, 0.15) is 34.1 Å². The summed E-state index contributed by atoms with van der Waals surface area (Å²) in [5.41, 5.74) is 5.35. The molecule has 5 aromatic rings. The number of aryl methyl sites for hydroxylation is 4. The highest BCUT2D eigenvalue weighted by Gasteiger charge is 2.19. The van der Waals surface area contributed by atoms with E-state index in [0.717, 1.165) is 22.4 Å². The highest BCUT2D eigenvalue weighted by molar-refractivity contribution is 6.13. The van der Waals surface area contributed by atoms with Gasteiger partial charge in [-0.2, -0.15) is 5.10 Å². The molecule has 0 fully saturated rings. The number of hydrogen-bond donors (Lipinski definition) is 1. The summed E-state index contributed by atoms with van der Waals surface area (Å²) in [7, 11) is 0. The zero-order valence-electron chi connectivity index (χ0n) is 22.1. The van der Waals surface area contributed by atoms with E-state index in [-0.39, 0.29) is 17.1 Å². The van der Waals surface area contributed by atoms with Crippen LogP contribution in [-0.2, 0) is 6.54 Å². The average Bonchev–Trinajstić information content (AvgIpc) is 3.28. The van der Waals surface area contributed by atoms with Gasteiger partial charge < -0.3 is 10.1 Å². The summed E-state index contributed by atoms with van der Waals surface area (Å²) in [5.74, 6) is 0.374. The van der Waals surface area contributed by atoms with Gasteiger partial charge in [0.05, 0.1) is 39.1 Å². The molecule has 9 nitrogen and oxygen atoms in total. The number of aromatic nitrogens is 3. The Hall–Kier alpha value is -5.05. The predicted octanol–water partition coefficient (Wildman–Crippen LogP) is 7.00.